The summed E-state index contributed by atoms with van der Waals surface area (Å²) >= 11 is 1.67. The fraction of sp³-hybridized carbons (Fsp3) is 0.150. The largest absolute Gasteiger partial charge is 0.454 e. The maximum Gasteiger partial charge on any atom is 0.231 e. The van der Waals surface area contributed by atoms with Crippen molar-refractivity contribution in [3.63, 3.8) is 0 Å². The van der Waals surface area contributed by atoms with Crippen LogP contribution in [0.5, 0.6) is 11.5 Å². The van der Waals surface area contributed by atoms with Gasteiger partial charge in [-0.1, -0.05) is 6.07 Å². The maximum absolute atomic E-state index is 5.46. The predicted octanol–water partition coefficient (Wildman–Crippen LogP) is 4.40. The van der Waals surface area contributed by atoms with Crippen molar-refractivity contribution in [1.29, 1.82) is 0 Å². The van der Waals surface area contributed by atoms with Crippen molar-refractivity contribution >= 4 is 27.4 Å². The van der Waals surface area contributed by atoms with E-state index >= 15 is 0 Å². The van der Waals surface area contributed by atoms with E-state index in [2.05, 4.69) is 23.3 Å². The van der Waals surface area contributed by atoms with Gasteiger partial charge < -0.3 is 14.8 Å². The summed E-state index contributed by atoms with van der Waals surface area (Å²) in [5.41, 5.74) is 2.05. The van der Waals surface area contributed by atoms with Gasteiger partial charge in [0.15, 0.2) is 17.3 Å². The highest BCUT2D eigenvalue weighted by Crippen LogP contribution is 2.34. The van der Waals surface area contributed by atoms with E-state index in [0.717, 1.165) is 38.7 Å². The van der Waals surface area contributed by atoms with Crippen LogP contribution < -0.4 is 14.8 Å². The van der Waals surface area contributed by atoms with Gasteiger partial charge in [0.1, 0.15) is 10.6 Å². The standard InChI is InChI=1S/C20H16N4O2S/c1-12-8-15-19(22-10-13-2-3-16-17(9-13)26-11-25-16)23-18(24-20(15)27-12)14-4-6-21-7-5-14/h2-9H,10-11H2,1H3,(H,22,23,24). The van der Waals surface area contributed by atoms with Crippen LogP contribution >= 0.6 is 11.3 Å². The Hall–Kier alpha value is -3.19. The Labute approximate surface area is 159 Å². The zero-order valence-electron chi connectivity index (χ0n) is 14.6. The second kappa shape index (κ2) is 6.51. The highest BCUT2D eigenvalue weighted by atomic mass is 32.1. The molecule has 0 saturated heterocycles. The van der Waals surface area contributed by atoms with Gasteiger partial charge in [-0.2, -0.15) is 0 Å². The van der Waals surface area contributed by atoms with Gasteiger partial charge in [0.2, 0.25) is 6.79 Å². The van der Waals surface area contributed by atoms with Gasteiger partial charge in [-0.05, 0) is 42.8 Å². The summed E-state index contributed by atoms with van der Waals surface area (Å²) < 4.78 is 10.8. The van der Waals surface area contributed by atoms with Crippen LogP contribution in [0.1, 0.15) is 10.4 Å². The highest BCUT2D eigenvalue weighted by Gasteiger charge is 2.15. The number of benzene rings is 1. The molecule has 1 aliphatic heterocycles. The number of anilines is 1. The molecular weight excluding hydrogens is 360 g/mol. The summed E-state index contributed by atoms with van der Waals surface area (Å²) in [5, 5.41) is 4.50. The number of fused-ring (bicyclic) bond motifs is 2. The van der Waals surface area contributed by atoms with E-state index in [1.165, 1.54) is 4.88 Å². The smallest absolute Gasteiger partial charge is 0.231 e. The topological polar surface area (TPSA) is 69.2 Å². The number of pyridine rings is 1. The molecule has 27 heavy (non-hydrogen) atoms. The van der Waals surface area contributed by atoms with Gasteiger partial charge in [-0.3, -0.25) is 4.98 Å². The summed E-state index contributed by atoms with van der Waals surface area (Å²) in [5.74, 6) is 3.09. The Morgan fingerprint density at radius 2 is 1.89 bits per heavy atom. The lowest BCUT2D eigenvalue weighted by Gasteiger charge is -2.09. The number of rotatable bonds is 4. The molecule has 3 aromatic heterocycles. The average molecular weight is 376 g/mol. The van der Waals surface area contributed by atoms with Crippen LogP contribution in [0.3, 0.4) is 0 Å². The van der Waals surface area contributed by atoms with Gasteiger partial charge in [-0.15, -0.1) is 11.3 Å². The highest BCUT2D eigenvalue weighted by molar-refractivity contribution is 7.18. The molecule has 0 atom stereocenters. The van der Waals surface area contributed by atoms with Crippen LogP contribution in [0.25, 0.3) is 21.6 Å². The second-order valence-corrected chi connectivity index (χ2v) is 7.48. The van der Waals surface area contributed by atoms with Crippen LogP contribution in [-0.4, -0.2) is 21.7 Å². The third-order valence-corrected chi connectivity index (χ3v) is 5.30. The molecule has 0 aliphatic carbocycles. The Bertz CT molecular complexity index is 1130. The molecule has 0 unspecified atom stereocenters. The summed E-state index contributed by atoms with van der Waals surface area (Å²) in [6, 6.07) is 11.9. The van der Waals surface area contributed by atoms with Crippen molar-refractivity contribution in [1.82, 2.24) is 15.0 Å². The van der Waals surface area contributed by atoms with E-state index in [0.29, 0.717) is 12.4 Å². The van der Waals surface area contributed by atoms with Crippen LogP contribution in [0.4, 0.5) is 5.82 Å². The summed E-state index contributed by atoms with van der Waals surface area (Å²) in [6.07, 6.45) is 3.50. The Morgan fingerprint density at radius 1 is 1.04 bits per heavy atom. The van der Waals surface area contributed by atoms with Gasteiger partial charge in [0.05, 0.1) is 5.39 Å². The van der Waals surface area contributed by atoms with Crippen LogP contribution in [0.15, 0.2) is 48.8 Å². The zero-order valence-corrected chi connectivity index (χ0v) is 15.4. The summed E-state index contributed by atoms with van der Waals surface area (Å²) in [4.78, 5) is 15.8. The van der Waals surface area contributed by atoms with Crippen molar-refractivity contribution in [2.45, 2.75) is 13.5 Å². The first kappa shape index (κ1) is 16.0. The third-order valence-electron chi connectivity index (χ3n) is 4.35. The molecule has 0 fully saturated rings. The molecule has 1 aliphatic rings. The van der Waals surface area contributed by atoms with Crippen LogP contribution in [0.2, 0.25) is 0 Å². The molecule has 1 aromatic carbocycles. The number of nitrogens with one attached hydrogen (secondary N) is 1. The molecule has 0 spiro atoms. The summed E-state index contributed by atoms with van der Waals surface area (Å²) in [6.45, 7) is 3.00. The molecule has 7 heteroatoms. The summed E-state index contributed by atoms with van der Waals surface area (Å²) in [7, 11) is 0. The van der Waals surface area contributed by atoms with E-state index in [-0.39, 0.29) is 6.79 Å². The minimum absolute atomic E-state index is 0.280. The third kappa shape index (κ3) is 3.06. The lowest BCUT2D eigenvalue weighted by atomic mass is 10.2. The molecule has 0 saturated carbocycles. The van der Waals surface area contributed by atoms with Gasteiger partial charge >= 0.3 is 0 Å². The Morgan fingerprint density at radius 3 is 2.78 bits per heavy atom. The van der Waals surface area contributed by atoms with E-state index in [1.54, 1.807) is 23.7 Å². The molecule has 0 bridgehead atoms. The molecule has 134 valence electrons. The van der Waals surface area contributed by atoms with Crippen LogP contribution in [-0.2, 0) is 6.54 Å². The minimum Gasteiger partial charge on any atom is -0.454 e. The number of hydrogen-bond donors (Lipinski definition) is 1. The zero-order chi connectivity index (χ0) is 18.2. The van der Waals surface area contributed by atoms with Crippen molar-refractivity contribution in [3.8, 4) is 22.9 Å². The van der Waals surface area contributed by atoms with Crippen molar-refractivity contribution in [3.05, 3.63) is 59.2 Å². The number of aryl methyl sites for hydroxylation is 1. The molecule has 1 N–H and O–H groups in total. The number of thiophene rings is 1. The van der Waals surface area contributed by atoms with E-state index in [1.807, 2.05) is 30.3 Å². The van der Waals surface area contributed by atoms with Crippen LogP contribution in [0, 0.1) is 6.92 Å². The van der Waals surface area contributed by atoms with E-state index in [9.17, 15) is 0 Å². The monoisotopic (exact) mass is 376 g/mol. The first-order chi connectivity index (χ1) is 13.3. The van der Waals surface area contributed by atoms with Crippen molar-refractivity contribution in [2.24, 2.45) is 0 Å². The maximum atomic E-state index is 5.46. The number of ether oxygens (including phenoxy) is 2. The Balaban J connectivity index is 1.50. The normalized spacial score (nSPS) is 12.5. The lowest BCUT2D eigenvalue weighted by Crippen LogP contribution is -2.03. The van der Waals surface area contributed by atoms with E-state index < -0.39 is 0 Å². The van der Waals surface area contributed by atoms with Gasteiger partial charge in [-0.25, -0.2) is 9.97 Å². The molecule has 5 rings (SSSR count). The molecule has 0 radical (unpaired) electrons. The van der Waals surface area contributed by atoms with Crippen molar-refractivity contribution in [2.75, 3.05) is 12.1 Å². The molecule has 4 aromatic rings. The molecule has 4 heterocycles. The first-order valence-electron chi connectivity index (χ1n) is 8.57. The minimum atomic E-state index is 0.280. The van der Waals surface area contributed by atoms with Crippen molar-refractivity contribution < 1.29 is 9.47 Å². The quantitative estimate of drug-likeness (QED) is 0.569. The number of aromatic nitrogens is 3. The van der Waals surface area contributed by atoms with Gasteiger partial charge in [0.25, 0.3) is 0 Å². The predicted molar refractivity (Wildman–Crippen MR) is 105 cm³/mol. The average Bonchev–Trinajstić information content (AvgIpc) is 3.31. The fourth-order valence-corrected chi connectivity index (χ4v) is 3.92. The molecular formula is C20H16N4O2S. The fourth-order valence-electron chi connectivity index (χ4n) is 3.04. The number of nitrogens with zero attached hydrogens (tertiary/aromatic N) is 3. The Kier molecular flexibility index (Phi) is 3.86. The molecule has 6 nitrogen and oxygen atoms in total. The molecule has 0 amide bonds. The second-order valence-electron chi connectivity index (χ2n) is 6.25. The lowest BCUT2D eigenvalue weighted by molar-refractivity contribution is 0.174. The SMILES string of the molecule is Cc1cc2c(NCc3ccc4c(c3)OCO4)nc(-c3ccncc3)nc2s1. The van der Waals surface area contributed by atoms with Gasteiger partial charge in [0, 0.05) is 29.4 Å². The first-order valence-corrected chi connectivity index (χ1v) is 9.39. The number of hydrogen-bond acceptors (Lipinski definition) is 7. The van der Waals surface area contributed by atoms with E-state index in [4.69, 9.17) is 19.4 Å².